The number of alkyl halides is 3. The Kier molecular flexibility index (Phi) is 7.18. The maximum Gasteiger partial charge on any atom is 0.573 e. The molecule has 192 valence electrons. The minimum absolute atomic E-state index is 0.00637. The van der Waals surface area contributed by atoms with Crippen LogP contribution >= 0.6 is 11.6 Å². The summed E-state index contributed by atoms with van der Waals surface area (Å²) in [6.45, 7) is -0.0536. The quantitative estimate of drug-likeness (QED) is 0.465. The summed E-state index contributed by atoms with van der Waals surface area (Å²) in [7, 11) is 1.48. The highest BCUT2D eigenvalue weighted by Crippen LogP contribution is 2.34. The van der Waals surface area contributed by atoms with Crippen molar-refractivity contribution in [1.82, 2.24) is 9.13 Å². The van der Waals surface area contributed by atoms with E-state index >= 15 is 0 Å². The van der Waals surface area contributed by atoms with Crippen molar-refractivity contribution in [3.05, 3.63) is 80.0 Å². The number of anilines is 2. The lowest BCUT2D eigenvalue weighted by Crippen LogP contribution is -2.43. The Labute approximate surface area is 207 Å². The molecule has 0 bridgehead atoms. The lowest BCUT2D eigenvalue weighted by molar-refractivity contribution is -0.274. The van der Waals surface area contributed by atoms with Crippen molar-refractivity contribution >= 4 is 23.1 Å². The fourth-order valence-electron chi connectivity index (χ4n) is 3.83. The minimum atomic E-state index is -4.88. The molecule has 1 aliphatic heterocycles. The van der Waals surface area contributed by atoms with Gasteiger partial charge >= 0.3 is 12.1 Å². The normalized spacial score (nSPS) is 14.9. The second kappa shape index (κ2) is 10.2. The van der Waals surface area contributed by atoms with E-state index in [1.807, 2.05) is 0 Å². The van der Waals surface area contributed by atoms with Crippen LogP contribution < -0.4 is 30.9 Å². The van der Waals surface area contributed by atoms with Crippen LogP contribution in [-0.4, -0.2) is 33.6 Å². The van der Waals surface area contributed by atoms with Gasteiger partial charge in [-0.2, -0.15) is 0 Å². The van der Waals surface area contributed by atoms with Gasteiger partial charge in [-0.05, 0) is 36.2 Å². The summed E-state index contributed by atoms with van der Waals surface area (Å²) in [5.74, 6) is -0.251. The predicted octanol–water partition coefficient (Wildman–Crippen LogP) is 3.28. The molecule has 1 unspecified atom stereocenters. The number of ether oxygens (including phenoxy) is 2. The van der Waals surface area contributed by atoms with E-state index in [9.17, 15) is 27.9 Å². The van der Waals surface area contributed by atoms with Crippen LogP contribution in [0.15, 0.2) is 58.1 Å². The van der Waals surface area contributed by atoms with Crippen LogP contribution in [0.4, 0.5) is 24.7 Å². The van der Waals surface area contributed by atoms with E-state index in [-0.39, 0.29) is 43.4 Å². The molecule has 1 atom stereocenters. The number of aliphatic hydroxyl groups excluding tert-OH is 1. The molecule has 1 aliphatic rings. The number of hydrogen-bond acceptors (Lipinski definition) is 7. The average Bonchev–Trinajstić information content (AvgIpc) is 3.16. The van der Waals surface area contributed by atoms with Gasteiger partial charge in [0, 0.05) is 37.8 Å². The molecule has 36 heavy (non-hydrogen) atoms. The number of aliphatic hydroxyl groups is 1. The molecule has 0 spiro atoms. The number of nitrogens with one attached hydrogen (secondary N) is 1. The van der Waals surface area contributed by atoms with Gasteiger partial charge < -0.3 is 24.8 Å². The number of benzene rings is 2. The fraction of sp³-hybridized carbons (Fsp3) is 0.304. The molecule has 0 aliphatic carbocycles. The van der Waals surface area contributed by atoms with Gasteiger partial charge in [0.2, 0.25) is 0 Å². The Bertz CT molecular complexity index is 1360. The Morgan fingerprint density at radius 2 is 1.81 bits per heavy atom. The molecule has 4 rings (SSSR count). The standard InChI is InChI=1S/C23H22ClF3N4O5/c1-29-19-18(20(33)30(22(29)34)10-3-11-32)31(13-14-6-8-15(24)9-7-14)21(28-19)35-16-4-2-5-17(12-16)36-23(25,26)27/h2,4-9,12,21,28,32H,3,10-11,13H2,1H3. The summed E-state index contributed by atoms with van der Waals surface area (Å²) in [5, 5.41) is 12.7. The molecule has 0 radical (unpaired) electrons. The zero-order valence-electron chi connectivity index (χ0n) is 19.0. The fourth-order valence-corrected chi connectivity index (χ4v) is 3.95. The van der Waals surface area contributed by atoms with Crippen molar-refractivity contribution in [3.8, 4) is 11.5 Å². The third kappa shape index (κ3) is 5.44. The topological polar surface area (TPSA) is 98.0 Å². The van der Waals surface area contributed by atoms with Crippen LogP contribution in [0.25, 0.3) is 0 Å². The summed E-state index contributed by atoms with van der Waals surface area (Å²) >= 11 is 5.98. The Morgan fingerprint density at radius 3 is 2.47 bits per heavy atom. The van der Waals surface area contributed by atoms with Gasteiger partial charge in [0.25, 0.3) is 11.9 Å². The third-order valence-electron chi connectivity index (χ3n) is 5.45. The van der Waals surface area contributed by atoms with Crippen molar-refractivity contribution in [3.63, 3.8) is 0 Å². The predicted molar refractivity (Wildman–Crippen MR) is 126 cm³/mol. The molecule has 2 aromatic carbocycles. The number of aromatic nitrogens is 2. The van der Waals surface area contributed by atoms with E-state index in [1.54, 1.807) is 29.2 Å². The Morgan fingerprint density at radius 1 is 1.11 bits per heavy atom. The molecular formula is C23H22ClF3N4O5. The van der Waals surface area contributed by atoms with Crippen LogP contribution in [0.5, 0.6) is 11.5 Å². The van der Waals surface area contributed by atoms with E-state index in [4.69, 9.17) is 16.3 Å². The molecule has 0 saturated heterocycles. The van der Waals surface area contributed by atoms with Gasteiger partial charge in [-0.1, -0.05) is 29.8 Å². The molecule has 9 nitrogen and oxygen atoms in total. The average molecular weight is 527 g/mol. The molecule has 2 N–H and O–H groups in total. The lowest BCUT2D eigenvalue weighted by Gasteiger charge is -2.27. The van der Waals surface area contributed by atoms with Crippen molar-refractivity contribution in [2.24, 2.45) is 7.05 Å². The smallest absolute Gasteiger partial charge is 0.452 e. The van der Waals surface area contributed by atoms with Gasteiger partial charge in [0.05, 0.1) is 0 Å². The maximum absolute atomic E-state index is 13.4. The summed E-state index contributed by atoms with van der Waals surface area (Å²) in [6, 6.07) is 11.8. The highest BCUT2D eigenvalue weighted by atomic mass is 35.5. The van der Waals surface area contributed by atoms with Gasteiger partial charge in [-0.3, -0.25) is 13.9 Å². The van der Waals surface area contributed by atoms with Crippen LogP contribution in [0.3, 0.4) is 0 Å². The minimum Gasteiger partial charge on any atom is -0.452 e. The number of hydrogen-bond donors (Lipinski definition) is 2. The molecular weight excluding hydrogens is 505 g/mol. The van der Waals surface area contributed by atoms with E-state index in [1.165, 1.54) is 23.7 Å². The van der Waals surface area contributed by atoms with Crippen molar-refractivity contribution < 1.29 is 27.8 Å². The van der Waals surface area contributed by atoms with Crippen LogP contribution in [-0.2, 0) is 20.1 Å². The van der Waals surface area contributed by atoms with Gasteiger partial charge in [-0.15, -0.1) is 13.2 Å². The highest BCUT2D eigenvalue weighted by molar-refractivity contribution is 6.30. The molecule has 3 aromatic rings. The van der Waals surface area contributed by atoms with Crippen LogP contribution in [0.1, 0.15) is 12.0 Å². The summed E-state index contributed by atoms with van der Waals surface area (Å²) in [5.41, 5.74) is -0.291. The maximum atomic E-state index is 13.4. The van der Waals surface area contributed by atoms with Crippen molar-refractivity contribution in [2.75, 3.05) is 16.8 Å². The van der Waals surface area contributed by atoms with Crippen molar-refractivity contribution in [2.45, 2.75) is 32.2 Å². The Hall–Kier alpha value is -3.64. The first-order valence-electron chi connectivity index (χ1n) is 10.8. The molecule has 13 heteroatoms. The largest absolute Gasteiger partial charge is 0.573 e. The Balaban J connectivity index is 1.74. The van der Waals surface area contributed by atoms with E-state index in [2.05, 4.69) is 10.1 Å². The van der Waals surface area contributed by atoms with Crippen LogP contribution in [0, 0.1) is 0 Å². The second-order valence-corrected chi connectivity index (χ2v) is 8.40. The first-order valence-corrected chi connectivity index (χ1v) is 11.2. The molecule has 0 saturated carbocycles. The van der Waals surface area contributed by atoms with Crippen molar-refractivity contribution in [1.29, 1.82) is 0 Å². The number of halogens is 4. The van der Waals surface area contributed by atoms with E-state index < -0.39 is 29.7 Å². The monoisotopic (exact) mass is 526 g/mol. The SMILES string of the molecule is Cn1c2c(c(=O)n(CCCO)c1=O)N(Cc1ccc(Cl)cc1)C(Oc1cccc(OC(F)(F)F)c1)N2. The van der Waals surface area contributed by atoms with Crippen LogP contribution in [0.2, 0.25) is 5.02 Å². The van der Waals surface area contributed by atoms with E-state index in [0.29, 0.717) is 5.02 Å². The number of rotatable bonds is 8. The van der Waals surface area contributed by atoms with E-state index in [0.717, 1.165) is 22.3 Å². The molecule has 2 heterocycles. The third-order valence-corrected chi connectivity index (χ3v) is 5.70. The summed E-state index contributed by atoms with van der Waals surface area (Å²) in [6.07, 6.45) is -5.73. The highest BCUT2D eigenvalue weighted by Gasteiger charge is 2.37. The first-order chi connectivity index (χ1) is 17.1. The second-order valence-electron chi connectivity index (χ2n) is 7.96. The van der Waals surface area contributed by atoms with Gasteiger partial charge in [-0.25, -0.2) is 4.79 Å². The molecule has 1 aromatic heterocycles. The zero-order chi connectivity index (χ0) is 26.0. The lowest BCUT2D eigenvalue weighted by atomic mass is 10.2. The zero-order valence-corrected chi connectivity index (χ0v) is 19.7. The first kappa shape index (κ1) is 25.5. The van der Waals surface area contributed by atoms with Gasteiger partial charge in [0.15, 0.2) is 0 Å². The number of nitrogens with zero attached hydrogens (tertiary/aromatic N) is 3. The van der Waals surface area contributed by atoms with Gasteiger partial charge in [0.1, 0.15) is 23.0 Å². The number of fused-ring (bicyclic) bond motifs is 1. The summed E-state index contributed by atoms with van der Waals surface area (Å²) < 4.78 is 50.2. The summed E-state index contributed by atoms with van der Waals surface area (Å²) in [4.78, 5) is 27.7. The molecule has 0 fully saturated rings. The molecule has 0 amide bonds.